The first-order valence-corrected chi connectivity index (χ1v) is 10.5. The Hall–Kier alpha value is -2.86. The van der Waals surface area contributed by atoms with E-state index in [1.807, 2.05) is 0 Å². The van der Waals surface area contributed by atoms with Gasteiger partial charge >= 0.3 is 0 Å². The summed E-state index contributed by atoms with van der Waals surface area (Å²) in [6.45, 7) is 1.25. The third kappa shape index (κ3) is 4.95. The van der Waals surface area contributed by atoms with Crippen molar-refractivity contribution >= 4 is 21.6 Å². The topological polar surface area (TPSA) is 84.9 Å². The Labute approximate surface area is 170 Å². The molecule has 0 spiro atoms. The van der Waals surface area contributed by atoms with Crippen molar-refractivity contribution in [3.8, 4) is 18.1 Å². The summed E-state index contributed by atoms with van der Waals surface area (Å²) in [4.78, 5) is 12.5. The quantitative estimate of drug-likeness (QED) is 0.730. The third-order valence-corrected chi connectivity index (χ3v) is 6.41. The zero-order valence-corrected chi connectivity index (χ0v) is 16.9. The highest BCUT2D eigenvalue weighted by Gasteiger charge is 2.29. The lowest BCUT2D eigenvalue weighted by Crippen LogP contribution is -2.40. The first-order valence-electron chi connectivity index (χ1n) is 9.05. The molecule has 1 N–H and O–H groups in total. The number of nitrogens with one attached hydrogen (secondary N) is 1. The predicted octanol–water partition coefficient (Wildman–Crippen LogP) is 1.88. The molecule has 7 nitrogen and oxygen atoms in total. The number of rotatable bonds is 6. The van der Waals surface area contributed by atoms with Gasteiger partial charge in [-0.25, -0.2) is 8.42 Å². The highest BCUT2D eigenvalue weighted by molar-refractivity contribution is 7.89. The van der Waals surface area contributed by atoms with Crippen molar-refractivity contribution in [1.82, 2.24) is 4.31 Å². The van der Waals surface area contributed by atoms with Crippen molar-refractivity contribution < 1.29 is 22.7 Å². The van der Waals surface area contributed by atoms with Crippen LogP contribution in [0.4, 0.5) is 5.69 Å². The Morgan fingerprint density at radius 3 is 2.69 bits per heavy atom. The molecular formula is C21H22N2O5S. The molecule has 1 heterocycles. The maximum Gasteiger partial charge on any atom is 0.246 e. The van der Waals surface area contributed by atoms with Crippen molar-refractivity contribution in [3.63, 3.8) is 0 Å². The predicted molar refractivity (Wildman–Crippen MR) is 109 cm³/mol. The Bertz CT molecular complexity index is 1040. The number of hydrogen-bond donors (Lipinski definition) is 1. The molecule has 1 saturated heterocycles. The van der Waals surface area contributed by atoms with Crippen molar-refractivity contribution in [2.24, 2.45) is 0 Å². The van der Waals surface area contributed by atoms with Crippen molar-refractivity contribution in [3.05, 3.63) is 53.6 Å². The molecule has 2 aromatic carbocycles. The summed E-state index contributed by atoms with van der Waals surface area (Å²) in [5, 5.41) is 2.77. The first kappa shape index (κ1) is 20.9. The van der Waals surface area contributed by atoms with Gasteiger partial charge in [0.25, 0.3) is 0 Å². The number of sulfonamides is 1. The van der Waals surface area contributed by atoms with Crippen LogP contribution in [0.15, 0.2) is 47.4 Å². The standard InChI is InChI=1S/C21H22N2O5S/c1-3-16-5-4-6-18(13-16)22-21(24)15-17-7-8-19(27-2)20(14-17)29(25,26)23-9-11-28-12-10-23/h1,4-8,13-14H,9-12,15H2,2H3,(H,22,24). The smallest absolute Gasteiger partial charge is 0.246 e. The zero-order valence-electron chi connectivity index (χ0n) is 16.1. The van der Waals surface area contributed by atoms with Gasteiger partial charge in [0.2, 0.25) is 15.9 Å². The number of methoxy groups -OCH3 is 1. The highest BCUT2D eigenvalue weighted by Crippen LogP contribution is 2.28. The van der Waals surface area contributed by atoms with Crippen LogP contribution in [0.3, 0.4) is 0 Å². The molecule has 0 bridgehead atoms. The van der Waals surface area contributed by atoms with Gasteiger partial charge in [-0.2, -0.15) is 4.31 Å². The van der Waals surface area contributed by atoms with Crippen LogP contribution in [-0.4, -0.2) is 52.0 Å². The molecule has 3 rings (SSSR count). The van der Waals surface area contributed by atoms with Crippen LogP contribution in [0.5, 0.6) is 5.75 Å². The van der Waals surface area contributed by atoms with E-state index >= 15 is 0 Å². The molecule has 0 saturated carbocycles. The van der Waals surface area contributed by atoms with Gasteiger partial charge in [-0.15, -0.1) is 6.42 Å². The fourth-order valence-electron chi connectivity index (χ4n) is 3.04. The molecule has 0 unspecified atom stereocenters. The number of anilines is 1. The third-order valence-electron chi connectivity index (χ3n) is 4.49. The fourth-order valence-corrected chi connectivity index (χ4v) is 4.65. The van der Waals surface area contributed by atoms with Gasteiger partial charge in [0, 0.05) is 24.3 Å². The lowest BCUT2D eigenvalue weighted by atomic mass is 10.1. The normalized spacial score (nSPS) is 14.8. The van der Waals surface area contributed by atoms with Gasteiger partial charge in [0.1, 0.15) is 10.6 Å². The summed E-state index contributed by atoms with van der Waals surface area (Å²) >= 11 is 0. The molecule has 1 aliphatic heterocycles. The molecule has 1 amide bonds. The molecular weight excluding hydrogens is 392 g/mol. The van der Waals surface area contributed by atoms with E-state index < -0.39 is 10.0 Å². The number of hydrogen-bond acceptors (Lipinski definition) is 5. The average Bonchev–Trinajstić information content (AvgIpc) is 2.74. The maximum absolute atomic E-state index is 13.0. The molecule has 2 aromatic rings. The van der Waals surface area contributed by atoms with Crippen molar-refractivity contribution in [2.75, 3.05) is 38.7 Å². The van der Waals surface area contributed by atoms with E-state index in [9.17, 15) is 13.2 Å². The van der Waals surface area contributed by atoms with Gasteiger partial charge in [-0.3, -0.25) is 4.79 Å². The van der Waals surface area contributed by atoms with Crippen molar-refractivity contribution in [2.45, 2.75) is 11.3 Å². The number of morpholine rings is 1. The van der Waals surface area contributed by atoms with E-state index in [1.54, 1.807) is 36.4 Å². The van der Waals surface area contributed by atoms with E-state index in [0.29, 0.717) is 30.0 Å². The second-order valence-corrected chi connectivity index (χ2v) is 8.36. The van der Waals surface area contributed by atoms with Crippen LogP contribution in [0.2, 0.25) is 0 Å². The van der Waals surface area contributed by atoms with Gasteiger partial charge in [0.15, 0.2) is 0 Å². The molecule has 1 fully saturated rings. The Kier molecular flexibility index (Phi) is 6.54. The van der Waals surface area contributed by atoms with E-state index in [2.05, 4.69) is 11.2 Å². The number of carbonyl (C=O) groups excluding carboxylic acids is 1. The summed E-state index contributed by atoms with van der Waals surface area (Å²) < 4.78 is 37.9. The highest BCUT2D eigenvalue weighted by atomic mass is 32.2. The number of amides is 1. The molecule has 0 radical (unpaired) electrons. The van der Waals surface area contributed by atoms with Gasteiger partial charge in [0.05, 0.1) is 26.7 Å². The Morgan fingerprint density at radius 1 is 1.24 bits per heavy atom. The molecule has 8 heteroatoms. The van der Waals surface area contributed by atoms with Gasteiger partial charge in [-0.05, 0) is 35.9 Å². The number of terminal acetylenes is 1. The van der Waals surface area contributed by atoms with E-state index in [-0.39, 0.29) is 36.1 Å². The number of nitrogens with zero attached hydrogens (tertiary/aromatic N) is 1. The van der Waals surface area contributed by atoms with Gasteiger partial charge in [-0.1, -0.05) is 18.1 Å². The summed E-state index contributed by atoms with van der Waals surface area (Å²) in [5.41, 5.74) is 1.80. The minimum absolute atomic E-state index is 0.00983. The SMILES string of the molecule is C#Cc1cccc(NC(=O)Cc2ccc(OC)c(S(=O)(=O)N3CCOCC3)c2)c1. The summed E-state index contributed by atoms with van der Waals surface area (Å²) in [6.07, 6.45) is 5.39. The van der Waals surface area contributed by atoms with Crippen LogP contribution in [0.1, 0.15) is 11.1 Å². The zero-order chi connectivity index (χ0) is 20.9. The van der Waals surface area contributed by atoms with Crippen LogP contribution in [0, 0.1) is 12.3 Å². The van der Waals surface area contributed by atoms with Gasteiger partial charge < -0.3 is 14.8 Å². The number of ether oxygens (including phenoxy) is 2. The lowest BCUT2D eigenvalue weighted by molar-refractivity contribution is -0.115. The second-order valence-electron chi connectivity index (χ2n) is 6.45. The Balaban J connectivity index is 1.81. The second kappa shape index (κ2) is 9.09. The lowest BCUT2D eigenvalue weighted by Gasteiger charge is -2.26. The molecule has 1 aliphatic rings. The minimum Gasteiger partial charge on any atom is -0.495 e. The fraction of sp³-hybridized carbons (Fsp3) is 0.286. The van der Waals surface area contributed by atoms with E-state index in [1.165, 1.54) is 17.5 Å². The largest absolute Gasteiger partial charge is 0.495 e. The van der Waals surface area contributed by atoms with Crippen LogP contribution in [-0.2, 0) is 26.0 Å². The van der Waals surface area contributed by atoms with Crippen molar-refractivity contribution in [1.29, 1.82) is 0 Å². The number of benzene rings is 2. The molecule has 152 valence electrons. The molecule has 29 heavy (non-hydrogen) atoms. The summed E-state index contributed by atoms with van der Waals surface area (Å²) in [6, 6.07) is 11.7. The minimum atomic E-state index is -3.76. The van der Waals surface area contributed by atoms with Crippen LogP contribution < -0.4 is 10.1 Å². The van der Waals surface area contributed by atoms with E-state index in [4.69, 9.17) is 15.9 Å². The molecule has 0 atom stereocenters. The molecule has 0 aromatic heterocycles. The number of carbonyl (C=O) groups is 1. The van der Waals surface area contributed by atoms with E-state index in [0.717, 1.165) is 0 Å². The maximum atomic E-state index is 13.0. The summed E-state index contributed by atoms with van der Waals surface area (Å²) in [7, 11) is -2.34. The average molecular weight is 414 g/mol. The first-order chi connectivity index (χ1) is 13.9. The van der Waals surface area contributed by atoms with Crippen LogP contribution in [0.25, 0.3) is 0 Å². The molecule has 0 aliphatic carbocycles. The van der Waals surface area contributed by atoms with Crippen LogP contribution >= 0.6 is 0 Å². The summed E-state index contributed by atoms with van der Waals surface area (Å²) in [5.74, 6) is 2.47. The Morgan fingerprint density at radius 2 is 2.00 bits per heavy atom. The monoisotopic (exact) mass is 414 g/mol.